The maximum absolute atomic E-state index is 14.4. The van der Waals surface area contributed by atoms with Gasteiger partial charge in [0.15, 0.2) is 5.13 Å². The summed E-state index contributed by atoms with van der Waals surface area (Å²) < 4.78 is 6.26. The first kappa shape index (κ1) is 35.4. The van der Waals surface area contributed by atoms with Crippen LogP contribution in [0.2, 0.25) is 0 Å². The van der Waals surface area contributed by atoms with Crippen LogP contribution in [-0.2, 0) is 33.9 Å². The fourth-order valence-electron chi connectivity index (χ4n) is 6.46. The van der Waals surface area contributed by atoms with Gasteiger partial charge in [0.2, 0.25) is 11.8 Å². The number of nitrogen functional groups attached to an aromatic ring is 1. The van der Waals surface area contributed by atoms with Crippen molar-refractivity contribution in [1.82, 2.24) is 30.1 Å². The van der Waals surface area contributed by atoms with Crippen LogP contribution in [0.15, 0.2) is 85.5 Å². The fraction of sp³-hybridized carbons (Fsp3) is 0.324. The first-order valence-corrected chi connectivity index (χ1v) is 17.8. The van der Waals surface area contributed by atoms with Crippen LogP contribution in [0.3, 0.4) is 0 Å². The van der Waals surface area contributed by atoms with Crippen molar-refractivity contribution in [2.45, 2.75) is 51.5 Å². The van der Waals surface area contributed by atoms with Crippen molar-refractivity contribution < 1.29 is 23.9 Å². The van der Waals surface area contributed by atoms with Gasteiger partial charge in [-0.1, -0.05) is 85.4 Å². The van der Waals surface area contributed by atoms with Gasteiger partial charge in [0, 0.05) is 25.2 Å². The van der Waals surface area contributed by atoms with Crippen LogP contribution in [0.4, 0.5) is 20.4 Å². The molecule has 0 aliphatic carbocycles. The minimum atomic E-state index is -0.843. The van der Waals surface area contributed by atoms with Crippen molar-refractivity contribution in [3.05, 3.63) is 102 Å². The van der Waals surface area contributed by atoms with Gasteiger partial charge in [-0.3, -0.25) is 19.9 Å². The second kappa shape index (κ2) is 16.0. The van der Waals surface area contributed by atoms with Crippen molar-refractivity contribution in [2.75, 3.05) is 37.2 Å². The zero-order valence-corrected chi connectivity index (χ0v) is 29.3. The first-order valence-electron chi connectivity index (χ1n) is 17.0. The number of nitrogens with one attached hydrogen (secondary N) is 2. The summed E-state index contributed by atoms with van der Waals surface area (Å²) in [5.74, 6) is -0.460. The number of unbranched alkanes of at least 4 members (excludes halogenated alkanes) is 1. The molecule has 2 aliphatic heterocycles. The Morgan fingerprint density at radius 2 is 1.86 bits per heavy atom. The lowest BCUT2D eigenvalue weighted by atomic mass is 9.99. The minimum Gasteiger partial charge on any atom is -0.444 e. The van der Waals surface area contributed by atoms with Gasteiger partial charge in [0.25, 0.3) is 0 Å². The van der Waals surface area contributed by atoms with Crippen LogP contribution >= 0.6 is 11.3 Å². The maximum Gasteiger partial charge on any atom is 0.411 e. The van der Waals surface area contributed by atoms with E-state index in [2.05, 4.69) is 22.2 Å². The molecule has 3 heterocycles. The third-order valence-corrected chi connectivity index (χ3v) is 9.79. The Labute approximate surface area is 300 Å². The Morgan fingerprint density at radius 1 is 1.08 bits per heavy atom. The SMILES string of the molecule is C=CCN(C(=O)NCCCC)N1CC(=O)N2[C@@H](Cc3ccc(NC(=O)OCc4ccccc4)cc3)C(=O)N(Cc3cccc4sc(N)nc34)C[C@@H]21. The van der Waals surface area contributed by atoms with Crippen molar-refractivity contribution >= 4 is 56.3 Å². The molecule has 0 spiro atoms. The number of thiazole rings is 1. The summed E-state index contributed by atoms with van der Waals surface area (Å²) >= 11 is 1.38. The number of rotatable bonds is 13. The third kappa shape index (κ3) is 8.13. The van der Waals surface area contributed by atoms with Gasteiger partial charge in [-0.25, -0.2) is 14.6 Å². The predicted molar refractivity (Wildman–Crippen MR) is 196 cm³/mol. The number of urea groups is 1. The number of nitrogens with zero attached hydrogens (tertiary/aromatic N) is 5. The van der Waals surface area contributed by atoms with Crippen LogP contribution in [0.5, 0.6) is 0 Å². The Kier molecular flexibility index (Phi) is 11.1. The Balaban J connectivity index is 1.24. The molecule has 4 N–H and O–H groups in total. The summed E-state index contributed by atoms with van der Waals surface area (Å²) in [7, 11) is 0. The van der Waals surface area contributed by atoms with E-state index >= 15 is 0 Å². The molecule has 13 nitrogen and oxygen atoms in total. The van der Waals surface area contributed by atoms with Crippen molar-refractivity contribution in [3.8, 4) is 0 Å². The summed E-state index contributed by atoms with van der Waals surface area (Å²) in [5.41, 5.74) is 9.80. The van der Waals surface area contributed by atoms with Gasteiger partial charge < -0.3 is 25.6 Å². The second-order valence-electron chi connectivity index (χ2n) is 12.5. The van der Waals surface area contributed by atoms with Crippen LogP contribution < -0.4 is 16.4 Å². The normalized spacial score (nSPS) is 17.4. The fourth-order valence-corrected chi connectivity index (χ4v) is 7.24. The van der Waals surface area contributed by atoms with Gasteiger partial charge >= 0.3 is 12.1 Å². The maximum atomic E-state index is 14.4. The topological polar surface area (TPSA) is 153 Å². The number of nitrogens with two attached hydrogens (primary N) is 1. The number of hydrogen-bond donors (Lipinski definition) is 3. The first-order chi connectivity index (χ1) is 24.7. The number of ether oxygens (including phenoxy) is 1. The number of amides is 5. The number of anilines is 2. The van der Waals surface area contributed by atoms with Crippen LogP contribution in [-0.4, -0.2) is 87.1 Å². The molecular weight excluding hydrogens is 669 g/mol. The Hall–Kier alpha value is -5.47. The molecule has 2 aliphatic rings. The van der Waals surface area contributed by atoms with E-state index in [0.29, 0.717) is 17.4 Å². The summed E-state index contributed by atoms with van der Waals surface area (Å²) in [6, 6.07) is 21.1. The van der Waals surface area contributed by atoms with E-state index in [1.165, 1.54) is 16.3 Å². The average Bonchev–Trinajstić information content (AvgIpc) is 3.68. The molecule has 51 heavy (non-hydrogen) atoms. The molecule has 0 unspecified atom stereocenters. The lowest BCUT2D eigenvalue weighted by Crippen LogP contribution is -2.66. The average molecular weight is 711 g/mol. The van der Waals surface area contributed by atoms with E-state index in [1.54, 1.807) is 33.0 Å². The predicted octanol–water partition coefficient (Wildman–Crippen LogP) is 4.96. The monoisotopic (exact) mass is 710 g/mol. The number of carbonyl (C=O) groups excluding carboxylic acids is 4. The Morgan fingerprint density at radius 3 is 2.61 bits per heavy atom. The molecule has 2 fully saturated rings. The number of piperazine rings is 1. The second-order valence-corrected chi connectivity index (χ2v) is 13.5. The number of hydrogen-bond acceptors (Lipinski definition) is 9. The molecule has 2 saturated heterocycles. The smallest absolute Gasteiger partial charge is 0.411 e. The lowest BCUT2D eigenvalue weighted by Gasteiger charge is -2.46. The van der Waals surface area contributed by atoms with Crippen LogP contribution in [0.1, 0.15) is 36.5 Å². The van der Waals surface area contributed by atoms with Gasteiger partial charge in [0.1, 0.15) is 18.8 Å². The molecule has 266 valence electrons. The summed E-state index contributed by atoms with van der Waals surface area (Å²) in [4.78, 5) is 61.9. The number of aromatic nitrogens is 1. The molecule has 6 rings (SSSR count). The highest BCUT2D eigenvalue weighted by atomic mass is 32.1. The van der Waals surface area contributed by atoms with Crippen LogP contribution in [0, 0.1) is 0 Å². The summed E-state index contributed by atoms with van der Waals surface area (Å²) in [6.45, 7) is 7.09. The Bertz CT molecular complexity index is 1880. The highest BCUT2D eigenvalue weighted by Crippen LogP contribution is 2.32. The quantitative estimate of drug-likeness (QED) is 0.130. The van der Waals surface area contributed by atoms with Gasteiger partial charge in [0.05, 0.1) is 29.9 Å². The van der Waals surface area contributed by atoms with Gasteiger partial charge in [-0.15, -0.1) is 6.58 Å². The standard InChI is InChI=1S/C37H42N8O5S/c1-3-5-18-39-36(48)43(19-4-2)44-23-32(46)45-29(20-25-14-16-28(17-15-25)40-37(49)50-24-26-10-7-6-8-11-26)34(47)42(22-31(44)45)21-27-12-9-13-30-33(27)41-35(38)51-30/h4,6-17,29,31H,2-3,5,18-24H2,1H3,(H2,38,41)(H,39,48)(H,40,49)/t29-,31+/m0/s1. The van der Waals surface area contributed by atoms with E-state index in [1.807, 2.05) is 67.6 Å². The molecule has 2 atom stereocenters. The van der Waals surface area contributed by atoms with E-state index < -0.39 is 18.3 Å². The summed E-state index contributed by atoms with van der Waals surface area (Å²) in [6.07, 6.45) is 2.40. The van der Waals surface area contributed by atoms with Gasteiger partial charge in [-0.2, -0.15) is 5.01 Å². The van der Waals surface area contributed by atoms with E-state index in [4.69, 9.17) is 10.5 Å². The van der Waals surface area contributed by atoms with E-state index in [-0.39, 0.29) is 57.1 Å². The number of carbonyl (C=O) groups is 4. The van der Waals surface area contributed by atoms with Crippen molar-refractivity contribution in [2.24, 2.45) is 0 Å². The van der Waals surface area contributed by atoms with E-state index in [9.17, 15) is 19.2 Å². The molecule has 0 bridgehead atoms. The molecule has 1 aromatic heterocycles. The molecule has 5 amide bonds. The third-order valence-electron chi connectivity index (χ3n) is 8.94. The molecule has 0 saturated carbocycles. The number of benzene rings is 3. The highest BCUT2D eigenvalue weighted by molar-refractivity contribution is 7.22. The zero-order chi connectivity index (χ0) is 35.9. The molecular formula is C37H42N8O5S. The van der Waals surface area contributed by atoms with Gasteiger partial charge in [-0.05, 0) is 41.3 Å². The number of fused-ring (bicyclic) bond motifs is 2. The van der Waals surface area contributed by atoms with Crippen molar-refractivity contribution in [3.63, 3.8) is 0 Å². The number of para-hydroxylation sites is 1. The van der Waals surface area contributed by atoms with E-state index in [0.717, 1.165) is 39.7 Å². The van der Waals surface area contributed by atoms with Crippen molar-refractivity contribution in [1.29, 1.82) is 0 Å². The molecule has 4 aromatic rings. The highest BCUT2D eigenvalue weighted by Gasteiger charge is 2.52. The molecule has 0 radical (unpaired) electrons. The zero-order valence-electron chi connectivity index (χ0n) is 28.5. The van der Waals surface area contributed by atoms with Crippen LogP contribution in [0.25, 0.3) is 10.2 Å². The molecule has 14 heteroatoms. The lowest BCUT2D eigenvalue weighted by molar-refractivity contribution is -0.157. The molecule has 3 aromatic carbocycles. The minimum absolute atomic E-state index is 0.0660. The summed E-state index contributed by atoms with van der Waals surface area (Å²) in [5, 5.41) is 9.38. The largest absolute Gasteiger partial charge is 0.444 e. The number of hydrazine groups is 1.